The van der Waals surface area contributed by atoms with Crippen LogP contribution in [0.1, 0.15) is 51.9 Å². The quantitative estimate of drug-likeness (QED) is 0.490. The van der Waals surface area contributed by atoms with E-state index in [1.165, 1.54) is 5.56 Å². The maximum atomic E-state index is 12.2. The molecule has 5 rings (SSSR count). The number of nitrogens with zero attached hydrogens (tertiary/aromatic N) is 1. The SMILES string of the molecule is CNC(=O)c1ccc2c(c1)OCc1ccccc1C2=CCCN1CCC(O)(c2ccc(Cl)cc2)CC1. The predicted molar refractivity (Wildman–Crippen MR) is 143 cm³/mol. The third kappa shape index (κ3) is 5.05. The number of rotatable bonds is 5. The van der Waals surface area contributed by atoms with Crippen molar-refractivity contribution >= 4 is 23.1 Å². The molecule has 2 aliphatic rings. The highest BCUT2D eigenvalue weighted by Crippen LogP contribution is 2.38. The summed E-state index contributed by atoms with van der Waals surface area (Å²) < 4.78 is 6.14. The number of aliphatic hydroxyl groups is 1. The minimum atomic E-state index is -0.793. The number of hydrogen-bond acceptors (Lipinski definition) is 4. The third-order valence-electron chi connectivity index (χ3n) is 7.31. The fraction of sp³-hybridized carbons (Fsp3) is 0.300. The zero-order valence-corrected chi connectivity index (χ0v) is 21.2. The van der Waals surface area contributed by atoms with Crippen LogP contribution in [0.5, 0.6) is 5.75 Å². The van der Waals surface area contributed by atoms with Gasteiger partial charge in [0.1, 0.15) is 12.4 Å². The lowest BCUT2D eigenvalue weighted by atomic mass is 9.84. The number of ether oxygens (including phenoxy) is 1. The Bertz CT molecular complexity index is 1280. The molecular formula is C30H31ClN2O3. The molecule has 36 heavy (non-hydrogen) atoms. The minimum absolute atomic E-state index is 0.127. The zero-order chi connectivity index (χ0) is 25.1. The van der Waals surface area contributed by atoms with Crippen molar-refractivity contribution in [3.63, 3.8) is 0 Å². The number of carbonyl (C=O) groups is 1. The van der Waals surface area contributed by atoms with Crippen LogP contribution in [0.4, 0.5) is 0 Å². The number of benzene rings is 3. The molecule has 0 spiro atoms. The molecule has 0 aromatic heterocycles. The topological polar surface area (TPSA) is 61.8 Å². The van der Waals surface area contributed by atoms with Gasteiger partial charge in [0.15, 0.2) is 0 Å². The van der Waals surface area contributed by atoms with E-state index in [2.05, 4.69) is 34.5 Å². The summed E-state index contributed by atoms with van der Waals surface area (Å²) in [4.78, 5) is 14.6. The first-order valence-corrected chi connectivity index (χ1v) is 12.8. The van der Waals surface area contributed by atoms with Crippen molar-refractivity contribution in [2.75, 3.05) is 26.7 Å². The van der Waals surface area contributed by atoms with Crippen molar-refractivity contribution in [1.82, 2.24) is 10.2 Å². The molecule has 2 aliphatic heterocycles. The highest BCUT2D eigenvalue weighted by atomic mass is 35.5. The van der Waals surface area contributed by atoms with Crippen molar-refractivity contribution in [3.05, 3.63) is 106 Å². The Balaban J connectivity index is 1.32. The standard InChI is InChI=1S/C30H31ClN2O3/c1-32-29(34)21-8-13-27-26(25-6-3-2-5-22(25)20-36-28(27)19-21)7-4-16-33-17-14-30(35,15-18-33)23-9-11-24(31)12-10-23/h2-3,5-13,19,35H,4,14-18,20H2,1H3,(H,32,34). The summed E-state index contributed by atoms with van der Waals surface area (Å²) in [6, 6.07) is 21.5. The summed E-state index contributed by atoms with van der Waals surface area (Å²) in [5.74, 6) is 0.599. The van der Waals surface area contributed by atoms with E-state index in [1.54, 1.807) is 7.05 Å². The van der Waals surface area contributed by atoms with Crippen LogP contribution in [0.3, 0.4) is 0 Å². The number of halogens is 1. The molecule has 1 amide bonds. The van der Waals surface area contributed by atoms with Gasteiger partial charge >= 0.3 is 0 Å². The Morgan fingerprint density at radius 2 is 1.83 bits per heavy atom. The maximum absolute atomic E-state index is 12.2. The van der Waals surface area contributed by atoms with Crippen molar-refractivity contribution < 1.29 is 14.6 Å². The van der Waals surface area contributed by atoms with Crippen LogP contribution in [0.2, 0.25) is 5.02 Å². The van der Waals surface area contributed by atoms with Crippen LogP contribution in [0, 0.1) is 0 Å². The molecule has 0 bridgehead atoms. The maximum Gasteiger partial charge on any atom is 0.251 e. The van der Waals surface area contributed by atoms with Gasteiger partial charge in [-0.25, -0.2) is 0 Å². The summed E-state index contributed by atoms with van der Waals surface area (Å²) >= 11 is 6.02. The highest BCUT2D eigenvalue weighted by Gasteiger charge is 2.33. The molecule has 1 saturated heterocycles. The first-order valence-electron chi connectivity index (χ1n) is 12.5. The summed E-state index contributed by atoms with van der Waals surface area (Å²) in [5.41, 5.74) is 5.17. The van der Waals surface area contributed by atoms with Gasteiger partial charge in [0.25, 0.3) is 5.91 Å². The van der Waals surface area contributed by atoms with Gasteiger partial charge in [-0.15, -0.1) is 0 Å². The molecule has 0 unspecified atom stereocenters. The molecule has 2 heterocycles. The first kappa shape index (κ1) is 24.6. The van der Waals surface area contributed by atoms with Crippen LogP contribution in [0.15, 0.2) is 72.8 Å². The third-order valence-corrected chi connectivity index (χ3v) is 7.56. The number of carbonyl (C=O) groups excluding carboxylic acids is 1. The number of nitrogens with one attached hydrogen (secondary N) is 1. The lowest BCUT2D eigenvalue weighted by Gasteiger charge is -2.38. The second-order valence-electron chi connectivity index (χ2n) is 9.52. The van der Waals surface area contributed by atoms with Crippen LogP contribution in [-0.4, -0.2) is 42.6 Å². The van der Waals surface area contributed by atoms with Crippen LogP contribution >= 0.6 is 11.6 Å². The molecule has 6 heteroatoms. The lowest BCUT2D eigenvalue weighted by Crippen LogP contribution is -2.42. The van der Waals surface area contributed by atoms with Gasteiger partial charge in [-0.2, -0.15) is 0 Å². The summed E-state index contributed by atoms with van der Waals surface area (Å²) in [6.45, 7) is 3.06. The summed E-state index contributed by atoms with van der Waals surface area (Å²) in [7, 11) is 1.63. The molecule has 3 aromatic rings. The number of amides is 1. The molecule has 0 saturated carbocycles. The molecule has 186 valence electrons. The van der Waals surface area contributed by atoms with E-state index in [0.29, 0.717) is 30.0 Å². The Hall–Kier alpha value is -3.12. The van der Waals surface area contributed by atoms with Crippen molar-refractivity contribution in [1.29, 1.82) is 0 Å². The number of fused-ring (bicyclic) bond motifs is 2. The number of hydrogen-bond donors (Lipinski definition) is 2. The fourth-order valence-electron chi connectivity index (χ4n) is 5.17. The second kappa shape index (κ2) is 10.5. The number of likely N-dealkylation sites (tertiary alicyclic amines) is 1. The van der Waals surface area contributed by atoms with Crippen LogP contribution < -0.4 is 10.1 Å². The predicted octanol–water partition coefficient (Wildman–Crippen LogP) is 5.40. The average molecular weight is 503 g/mol. The largest absolute Gasteiger partial charge is 0.488 e. The average Bonchev–Trinajstić information content (AvgIpc) is 3.06. The lowest BCUT2D eigenvalue weighted by molar-refractivity contribution is -0.0254. The molecule has 0 aliphatic carbocycles. The van der Waals surface area contributed by atoms with Crippen molar-refractivity contribution in [2.45, 2.75) is 31.5 Å². The normalized spacial score (nSPS) is 18.0. The summed E-state index contributed by atoms with van der Waals surface area (Å²) in [6.07, 6.45) is 4.56. The minimum Gasteiger partial charge on any atom is -0.488 e. The van der Waals surface area contributed by atoms with E-state index < -0.39 is 5.60 Å². The van der Waals surface area contributed by atoms with E-state index >= 15 is 0 Å². The smallest absolute Gasteiger partial charge is 0.251 e. The Labute approximate surface area is 217 Å². The van der Waals surface area contributed by atoms with Gasteiger partial charge in [-0.3, -0.25) is 4.79 Å². The van der Waals surface area contributed by atoms with E-state index in [9.17, 15) is 9.90 Å². The van der Waals surface area contributed by atoms with Gasteiger partial charge in [0.2, 0.25) is 0 Å². The molecule has 0 atom stereocenters. The van der Waals surface area contributed by atoms with Crippen LogP contribution in [0.25, 0.3) is 5.57 Å². The van der Waals surface area contributed by atoms with Gasteiger partial charge in [0.05, 0.1) is 5.60 Å². The van der Waals surface area contributed by atoms with Gasteiger partial charge in [0, 0.05) is 42.8 Å². The monoisotopic (exact) mass is 502 g/mol. The van der Waals surface area contributed by atoms with Crippen LogP contribution in [-0.2, 0) is 12.2 Å². The Kier molecular flexibility index (Phi) is 7.15. The molecule has 5 nitrogen and oxygen atoms in total. The van der Waals surface area contributed by atoms with E-state index in [1.807, 2.05) is 48.5 Å². The van der Waals surface area contributed by atoms with Gasteiger partial charge in [-0.05, 0) is 71.9 Å². The van der Waals surface area contributed by atoms with Gasteiger partial charge in [-0.1, -0.05) is 54.1 Å². The van der Waals surface area contributed by atoms with Gasteiger partial charge < -0.3 is 20.1 Å². The van der Waals surface area contributed by atoms with Crippen molar-refractivity contribution in [2.24, 2.45) is 0 Å². The zero-order valence-electron chi connectivity index (χ0n) is 20.5. The molecule has 1 fully saturated rings. The Morgan fingerprint density at radius 3 is 2.58 bits per heavy atom. The van der Waals surface area contributed by atoms with E-state index in [4.69, 9.17) is 16.3 Å². The molecule has 0 radical (unpaired) electrons. The number of piperidine rings is 1. The fourth-order valence-corrected chi connectivity index (χ4v) is 5.29. The first-order chi connectivity index (χ1) is 17.5. The molecule has 3 aromatic carbocycles. The highest BCUT2D eigenvalue weighted by molar-refractivity contribution is 6.30. The summed E-state index contributed by atoms with van der Waals surface area (Å²) in [5, 5.41) is 14.6. The van der Waals surface area contributed by atoms with E-state index in [-0.39, 0.29) is 5.91 Å². The molecule has 2 N–H and O–H groups in total. The molecular weight excluding hydrogens is 472 g/mol. The van der Waals surface area contributed by atoms with Crippen molar-refractivity contribution in [3.8, 4) is 5.75 Å². The Morgan fingerprint density at radius 1 is 1.08 bits per heavy atom. The second-order valence-corrected chi connectivity index (χ2v) is 9.96. The van der Waals surface area contributed by atoms with E-state index in [0.717, 1.165) is 54.1 Å².